The summed E-state index contributed by atoms with van der Waals surface area (Å²) in [5, 5.41) is 13.8. The lowest BCUT2D eigenvalue weighted by atomic mass is 10.1. The lowest BCUT2D eigenvalue weighted by molar-refractivity contribution is 0.145. The Labute approximate surface area is 100 Å². The molecule has 2 aromatic heterocycles. The third-order valence-corrected chi connectivity index (χ3v) is 3.52. The Morgan fingerprint density at radius 1 is 1.29 bits per heavy atom. The van der Waals surface area contributed by atoms with Gasteiger partial charge in [-0.25, -0.2) is 4.52 Å². The number of anilines is 1. The molecule has 1 aliphatic heterocycles. The SMILES string of the molecule is Cc1cnn2cc(N3CCC(O)CC3)ccc12. The topological polar surface area (TPSA) is 40.8 Å². The zero-order valence-corrected chi connectivity index (χ0v) is 10.0. The monoisotopic (exact) mass is 231 g/mol. The van der Waals surface area contributed by atoms with Gasteiger partial charge in [0.25, 0.3) is 0 Å². The number of rotatable bonds is 1. The van der Waals surface area contributed by atoms with E-state index in [1.807, 2.05) is 10.7 Å². The van der Waals surface area contributed by atoms with Crippen LogP contribution < -0.4 is 4.90 Å². The zero-order valence-electron chi connectivity index (χ0n) is 10.0. The molecule has 0 spiro atoms. The molecule has 0 saturated carbocycles. The van der Waals surface area contributed by atoms with Crippen LogP contribution in [0.3, 0.4) is 0 Å². The van der Waals surface area contributed by atoms with Gasteiger partial charge < -0.3 is 10.0 Å². The standard InChI is InChI=1S/C13H17N3O/c1-10-8-14-16-9-11(2-3-13(10)16)15-6-4-12(17)5-7-15/h2-3,8-9,12,17H,4-7H2,1H3. The average Bonchev–Trinajstić information content (AvgIpc) is 2.72. The van der Waals surface area contributed by atoms with Crippen molar-refractivity contribution in [3.8, 4) is 0 Å². The van der Waals surface area contributed by atoms with Gasteiger partial charge >= 0.3 is 0 Å². The van der Waals surface area contributed by atoms with Crippen molar-refractivity contribution in [2.24, 2.45) is 0 Å². The molecule has 0 atom stereocenters. The van der Waals surface area contributed by atoms with Gasteiger partial charge in [-0.2, -0.15) is 5.10 Å². The van der Waals surface area contributed by atoms with Crippen LogP contribution in [0.25, 0.3) is 5.52 Å². The molecular weight excluding hydrogens is 214 g/mol. The first-order valence-electron chi connectivity index (χ1n) is 6.11. The highest BCUT2D eigenvalue weighted by atomic mass is 16.3. The van der Waals surface area contributed by atoms with E-state index < -0.39 is 0 Å². The number of aliphatic hydroxyl groups excluding tert-OH is 1. The maximum Gasteiger partial charge on any atom is 0.0692 e. The maximum atomic E-state index is 9.50. The Bertz CT molecular complexity index is 526. The van der Waals surface area contributed by atoms with Crippen LogP contribution in [0.4, 0.5) is 5.69 Å². The minimum absolute atomic E-state index is 0.123. The van der Waals surface area contributed by atoms with E-state index in [1.165, 1.54) is 11.3 Å². The number of nitrogens with zero attached hydrogens (tertiary/aromatic N) is 3. The summed E-state index contributed by atoms with van der Waals surface area (Å²) < 4.78 is 1.93. The fourth-order valence-corrected chi connectivity index (χ4v) is 2.41. The van der Waals surface area contributed by atoms with Crippen LogP contribution in [0, 0.1) is 6.92 Å². The van der Waals surface area contributed by atoms with Gasteiger partial charge in [0.2, 0.25) is 0 Å². The summed E-state index contributed by atoms with van der Waals surface area (Å²) in [6, 6.07) is 4.25. The van der Waals surface area contributed by atoms with Crippen LogP contribution in [-0.2, 0) is 0 Å². The Kier molecular flexibility index (Phi) is 2.52. The molecule has 2 aromatic rings. The van der Waals surface area contributed by atoms with Crippen molar-refractivity contribution >= 4 is 11.2 Å². The van der Waals surface area contributed by atoms with Crippen molar-refractivity contribution in [2.45, 2.75) is 25.9 Å². The van der Waals surface area contributed by atoms with E-state index in [9.17, 15) is 5.11 Å². The third-order valence-electron chi connectivity index (χ3n) is 3.52. The normalized spacial score (nSPS) is 17.9. The van der Waals surface area contributed by atoms with Gasteiger partial charge in [0, 0.05) is 13.1 Å². The predicted octanol–water partition coefficient (Wildman–Crippen LogP) is 1.60. The molecule has 1 fully saturated rings. The third kappa shape index (κ3) is 1.89. The molecule has 3 heterocycles. The molecule has 1 N–H and O–H groups in total. The summed E-state index contributed by atoms with van der Waals surface area (Å²) >= 11 is 0. The van der Waals surface area contributed by atoms with Gasteiger partial charge in [0.05, 0.1) is 29.7 Å². The van der Waals surface area contributed by atoms with Gasteiger partial charge in [0.1, 0.15) is 0 Å². The highest BCUT2D eigenvalue weighted by molar-refractivity contribution is 5.58. The number of aromatic nitrogens is 2. The summed E-state index contributed by atoms with van der Waals surface area (Å²) in [6.45, 7) is 3.92. The second-order valence-electron chi connectivity index (χ2n) is 4.76. The Balaban J connectivity index is 1.90. The van der Waals surface area contributed by atoms with Crippen LogP contribution in [0.5, 0.6) is 0 Å². The Hall–Kier alpha value is -1.55. The largest absolute Gasteiger partial charge is 0.393 e. The van der Waals surface area contributed by atoms with E-state index in [1.54, 1.807) is 0 Å². The molecule has 4 heteroatoms. The van der Waals surface area contributed by atoms with Crippen LogP contribution in [0.1, 0.15) is 18.4 Å². The number of hydrogen-bond acceptors (Lipinski definition) is 3. The second kappa shape index (κ2) is 4.04. The molecule has 0 unspecified atom stereocenters. The highest BCUT2D eigenvalue weighted by Crippen LogP contribution is 2.21. The fraction of sp³-hybridized carbons (Fsp3) is 0.462. The van der Waals surface area contributed by atoms with E-state index >= 15 is 0 Å². The summed E-state index contributed by atoms with van der Waals surface area (Å²) in [4.78, 5) is 2.31. The van der Waals surface area contributed by atoms with Gasteiger partial charge in [-0.3, -0.25) is 0 Å². The van der Waals surface area contributed by atoms with Gasteiger partial charge in [-0.05, 0) is 37.5 Å². The smallest absolute Gasteiger partial charge is 0.0692 e. The molecule has 0 bridgehead atoms. The van der Waals surface area contributed by atoms with Gasteiger partial charge in [-0.1, -0.05) is 0 Å². The Morgan fingerprint density at radius 2 is 2.06 bits per heavy atom. The first kappa shape index (κ1) is 10.6. The quantitative estimate of drug-likeness (QED) is 0.810. The van der Waals surface area contributed by atoms with Crippen LogP contribution in [0.15, 0.2) is 24.5 Å². The average molecular weight is 231 g/mol. The molecule has 3 rings (SSSR count). The minimum Gasteiger partial charge on any atom is -0.393 e. The molecule has 0 aliphatic carbocycles. The lowest BCUT2D eigenvalue weighted by Crippen LogP contribution is -2.35. The second-order valence-corrected chi connectivity index (χ2v) is 4.76. The number of hydrogen-bond donors (Lipinski definition) is 1. The van der Waals surface area contributed by atoms with E-state index in [0.29, 0.717) is 0 Å². The number of aliphatic hydroxyl groups is 1. The first-order chi connectivity index (χ1) is 8.24. The molecule has 0 radical (unpaired) electrons. The number of aryl methyl sites for hydroxylation is 1. The lowest BCUT2D eigenvalue weighted by Gasteiger charge is -2.31. The van der Waals surface area contributed by atoms with Crippen LogP contribution in [-0.4, -0.2) is 33.9 Å². The molecule has 0 aromatic carbocycles. The summed E-state index contributed by atoms with van der Waals surface area (Å²) in [5.74, 6) is 0. The fourth-order valence-electron chi connectivity index (χ4n) is 2.41. The molecule has 90 valence electrons. The van der Waals surface area contributed by atoms with Gasteiger partial charge in [-0.15, -0.1) is 0 Å². The molecular formula is C13H17N3O. The number of piperidine rings is 1. The van der Waals surface area contributed by atoms with Crippen molar-refractivity contribution in [2.75, 3.05) is 18.0 Å². The maximum absolute atomic E-state index is 9.50. The zero-order chi connectivity index (χ0) is 11.8. The summed E-state index contributed by atoms with van der Waals surface area (Å²) in [7, 11) is 0. The summed E-state index contributed by atoms with van der Waals surface area (Å²) in [5.41, 5.74) is 3.55. The highest BCUT2D eigenvalue weighted by Gasteiger charge is 2.17. The van der Waals surface area contributed by atoms with Crippen molar-refractivity contribution in [3.63, 3.8) is 0 Å². The molecule has 1 saturated heterocycles. The first-order valence-corrected chi connectivity index (χ1v) is 6.11. The van der Waals surface area contributed by atoms with Gasteiger partial charge in [0.15, 0.2) is 0 Å². The molecule has 0 amide bonds. The van der Waals surface area contributed by atoms with Crippen molar-refractivity contribution in [3.05, 3.63) is 30.1 Å². The molecule has 17 heavy (non-hydrogen) atoms. The van der Waals surface area contributed by atoms with E-state index in [0.717, 1.165) is 31.4 Å². The molecule has 1 aliphatic rings. The summed E-state index contributed by atoms with van der Waals surface area (Å²) in [6.07, 6.45) is 5.55. The van der Waals surface area contributed by atoms with Crippen LogP contribution in [0.2, 0.25) is 0 Å². The van der Waals surface area contributed by atoms with E-state index in [2.05, 4.69) is 35.3 Å². The van der Waals surface area contributed by atoms with E-state index in [4.69, 9.17) is 0 Å². The Morgan fingerprint density at radius 3 is 2.82 bits per heavy atom. The van der Waals surface area contributed by atoms with Crippen LogP contribution >= 0.6 is 0 Å². The van der Waals surface area contributed by atoms with Crippen molar-refractivity contribution in [1.82, 2.24) is 9.61 Å². The van der Waals surface area contributed by atoms with E-state index in [-0.39, 0.29) is 6.10 Å². The number of fused-ring (bicyclic) bond motifs is 1. The number of pyridine rings is 1. The minimum atomic E-state index is -0.123. The van der Waals surface area contributed by atoms with Crippen molar-refractivity contribution < 1.29 is 5.11 Å². The predicted molar refractivity (Wildman–Crippen MR) is 67.4 cm³/mol. The van der Waals surface area contributed by atoms with Crippen molar-refractivity contribution in [1.29, 1.82) is 0 Å². The molecule has 4 nitrogen and oxygen atoms in total.